The van der Waals surface area contributed by atoms with Gasteiger partial charge in [-0.1, -0.05) is 35.9 Å². The summed E-state index contributed by atoms with van der Waals surface area (Å²) >= 11 is 7.27. The summed E-state index contributed by atoms with van der Waals surface area (Å²) in [5.74, 6) is 0.586. The lowest BCUT2D eigenvalue weighted by atomic mass is 10.2. The van der Waals surface area contributed by atoms with Gasteiger partial charge in [0.05, 0.1) is 12.3 Å². The van der Waals surface area contributed by atoms with Gasteiger partial charge < -0.3 is 4.74 Å². The van der Waals surface area contributed by atoms with E-state index in [0.29, 0.717) is 16.8 Å². The third-order valence-electron chi connectivity index (χ3n) is 3.49. The van der Waals surface area contributed by atoms with Crippen molar-refractivity contribution < 1.29 is 9.53 Å². The molecule has 0 saturated carbocycles. The monoisotopic (exact) mass is 384 g/mol. The first kappa shape index (κ1) is 18.2. The summed E-state index contributed by atoms with van der Waals surface area (Å²) in [6.45, 7) is 2.57. The number of carbonyl (C=O) groups excluding carboxylic acids is 1. The van der Waals surface area contributed by atoms with Gasteiger partial charge in [-0.2, -0.15) is 0 Å². The van der Waals surface area contributed by atoms with E-state index >= 15 is 0 Å². The Morgan fingerprint density at radius 2 is 1.92 bits per heavy atom. The average Bonchev–Trinajstić information content (AvgIpc) is 3.10. The highest BCUT2D eigenvalue weighted by molar-refractivity contribution is 7.14. The van der Waals surface area contributed by atoms with Gasteiger partial charge in [0, 0.05) is 22.0 Å². The predicted octanol–water partition coefficient (Wildman–Crippen LogP) is 5.51. The van der Waals surface area contributed by atoms with E-state index in [-0.39, 0.29) is 5.91 Å². The highest BCUT2D eigenvalue weighted by Crippen LogP contribution is 2.26. The number of halogens is 1. The van der Waals surface area contributed by atoms with Crippen LogP contribution < -0.4 is 10.1 Å². The molecule has 1 amide bonds. The second-order valence-electron chi connectivity index (χ2n) is 5.37. The molecule has 0 unspecified atom stereocenters. The molecular formula is C20H17ClN2O2S. The number of hydrogen-bond acceptors (Lipinski definition) is 4. The fourth-order valence-electron chi connectivity index (χ4n) is 2.25. The van der Waals surface area contributed by atoms with Crippen LogP contribution in [0.1, 0.15) is 12.5 Å². The van der Waals surface area contributed by atoms with Gasteiger partial charge in [-0.15, -0.1) is 11.3 Å². The second-order valence-corrected chi connectivity index (χ2v) is 6.66. The van der Waals surface area contributed by atoms with Crippen molar-refractivity contribution >= 4 is 40.1 Å². The number of nitrogens with zero attached hydrogens (tertiary/aromatic N) is 1. The molecule has 0 aliphatic heterocycles. The van der Waals surface area contributed by atoms with Crippen molar-refractivity contribution in [1.82, 2.24) is 4.98 Å². The van der Waals surface area contributed by atoms with Crippen molar-refractivity contribution in [3.8, 4) is 17.0 Å². The molecule has 3 rings (SSSR count). The number of nitrogens with one attached hydrogen (secondary N) is 1. The first-order valence-electron chi connectivity index (χ1n) is 8.07. The van der Waals surface area contributed by atoms with Crippen LogP contribution in [0, 0.1) is 0 Å². The van der Waals surface area contributed by atoms with Crippen molar-refractivity contribution in [2.45, 2.75) is 6.92 Å². The molecule has 1 heterocycles. The van der Waals surface area contributed by atoms with Crippen molar-refractivity contribution in [3.05, 3.63) is 70.6 Å². The molecular weight excluding hydrogens is 368 g/mol. The van der Waals surface area contributed by atoms with Crippen LogP contribution in [0.25, 0.3) is 17.3 Å². The van der Waals surface area contributed by atoms with Gasteiger partial charge in [0.25, 0.3) is 0 Å². The maximum Gasteiger partial charge on any atom is 0.250 e. The Balaban J connectivity index is 1.60. The Labute approximate surface area is 161 Å². The van der Waals surface area contributed by atoms with Gasteiger partial charge in [-0.05, 0) is 42.8 Å². The van der Waals surface area contributed by atoms with E-state index in [4.69, 9.17) is 16.3 Å². The van der Waals surface area contributed by atoms with Crippen LogP contribution in [0.4, 0.5) is 5.13 Å². The number of carbonyl (C=O) groups is 1. The molecule has 6 heteroatoms. The van der Waals surface area contributed by atoms with Gasteiger partial charge in [-0.3, -0.25) is 10.1 Å². The molecule has 0 fully saturated rings. The molecule has 0 saturated heterocycles. The Morgan fingerprint density at radius 3 is 2.62 bits per heavy atom. The number of aromatic nitrogens is 1. The van der Waals surface area contributed by atoms with Crippen LogP contribution in [-0.2, 0) is 4.79 Å². The SMILES string of the molecule is CCOc1ccc(/C=C/C(=O)Nc2nc(-c3ccc(Cl)cc3)cs2)cc1. The molecule has 0 radical (unpaired) electrons. The lowest BCUT2D eigenvalue weighted by Gasteiger charge is -2.02. The summed E-state index contributed by atoms with van der Waals surface area (Å²) in [6, 6.07) is 15.0. The molecule has 3 aromatic rings. The summed E-state index contributed by atoms with van der Waals surface area (Å²) in [4.78, 5) is 16.5. The summed E-state index contributed by atoms with van der Waals surface area (Å²) in [7, 11) is 0. The molecule has 0 aliphatic carbocycles. The Hall–Kier alpha value is -2.63. The van der Waals surface area contributed by atoms with Crippen LogP contribution in [0.5, 0.6) is 5.75 Å². The lowest BCUT2D eigenvalue weighted by molar-refractivity contribution is -0.111. The highest BCUT2D eigenvalue weighted by atomic mass is 35.5. The quantitative estimate of drug-likeness (QED) is 0.570. The number of amides is 1. The number of thiazole rings is 1. The van der Waals surface area contributed by atoms with E-state index in [1.807, 2.05) is 60.8 Å². The Kier molecular flexibility index (Phi) is 6.04. The molecule has 0 atom stereocenters. The third kappa shape index (κ3) is 4.94. The highest BCUT2D eigenvalue weighted by Gasteiger charge is 2.06. The van der Waals surface area contributed by atoms with Crippen molar-refractivity contribution in [2.75, 3.05) is 11.9 Å². The number of ether oxygens (including phenoxy) is 1. The molecule has 0 spiro atoms. The van der Waals surface area contributed by atoms with Gasteiger partial charge in [0.15, 0.2) is 5.13 Å². The number of hydrogen-bond donors (Lipinski definition) is 1. The lowest BCUT2D eigenvalue weighted by Crippen LogP contribution is -2.07. The van der Waals surface area contributed by atoms with E-state index in [0.717, 1.165) is 22.6 Å². The number of anilines is 1. The molecule has 0 aliphatic rings. The van der Waals surface area contributed by atoms with Crippen LogP contribution in [0.3, 0.4) is 0 Å². The van der Waals surface area contributed by atoms with Crippen LogP contribution >= 0.6 is 22.9 Å². The van der Waals surface area contributed by atoms with Crippen molar-refractivity contribution in [2.24, 2.45) is 0 Å². The number of benzene rings is 2. The fraction of sp³-hybridized carbons (Fsp3) is 0.100. The largest absolute Gasteiger partial charge is 0.494 e. The molecule has 2 aromatic carbocycles. The molecule has 1 N–H and O–H groups in total. The van der Waals surface area contributed by atoms with Crippen LogP contribution in [0.2, 0.25) is 5.02 Å². The molecule has 0 bridgehead atoms. The normalized spacial score (nSPS) is 10.8. The zero-order chi connectivity index (χ0) is 18.4. The minimum atomic E-state index is -0.226. The zero-order valence-electron chi connectivity index (χ0n) is 14.1. The van der Waals surface area contributed by atoms with Gasteiger partial charge >= 0.3 is 0 Å². The third-order valence-corrected chi connectivity index (χ3v) is 4.50. The van der Waals surface area contributed by atoms with E-state index in [1.54, 1.807) is 6.08 Å². The summed E-state index contributed by atoms with van der Waals surface area (Å²) in [5.41, 5.74) is 2.68. The standard InChI is InChI=1S/C20H17ClN2O2S/c1-2-25-17-10-3-14(4-11-17)5-12-19(24)23-20-22-18(13-26-20)15-6-8-16(21)9-7-15/h3-13H,2H2,1H3,(H,22,23,24)/b12-5+. The first-order chi connectivity index (χ1) is 12.6. The molecule has 1 aromatic heterocycles. The minimum absolute atomic E-state index is 0.226. The van der Waals surface area contributed by atoms with E-state index in [1.165, 1.54) is 17.4 Å². The fourth-order valence-corrected chi connectivity index (χ4v) is 3.09. The molecule has 132 valence electrons. The maximum atomic E-state index is 12.1. The minimum Gasteiger partial charge on any atom is -0.494 e. The zero-order valence-corrected chi connectivity index (χ0v) is 15.7. The molecule has 4 nitrogen and oxygen atoms in total. The average molecular weight is 385 g/mol. The van der Waals surface area contributed by atoms with Crippen LogP contribution in [-0.4, -0.2) is 17.5 Å². The Morgan fingerprint density at radius 1 is 1.19 bits per heavy atom. The first-order valence-corrected chi connectivity index (χ1v) is 9.33. The van der Waals surface area contributed by atoms with Crippen molar-refractivity contribution in [1.29, 1.82) is 0 Å². The van der Waals surface area contributed by atoms with Gasteiger partial charge in [0.2, 0.25) is 5.91 Å². The van der Waals surface area contributed by atoms with Gasteiger partial charge in [0.1, 0.15) is 5.75 Å². The number of rotatable bonds is 6. The Bertz CT molecular complexity index is 902. The second kappa shape index (κ2) is 8.65. The van der Waals surface area contributed by atoms with E-state index in [9.17, 15) is 4.79 Å². The van der Waals surface area contributed by atoms with Crippen LogP contribution in [0.15, 0.2) is 60.0 Å². The molecule has 26 heavy (non-hydrogen) atoms. The summed E-state index contributed by atoms with van der Waals surface area (Å²) in [6.07, 6.45) is 3.23. The van der Waals surface area contributed by atoms with Gasteiger partial charge in [-0.25, -0.2) is 4.98 Å². The summed E-state index contributed by atoms with van der Waals surface area (Å²) < 4.78 is 5.39. The maximum absolute atomic E-state index is 12.1. The van der Waals surface area contributed by atoms with E-state index < -0.39 is 0 Å². The summed E-state index contributed by atoms with van der Waals surface area (Å²) in [5, 5.41) is 5.90. The van der Waals surface area contributed by atoms with Crippen molar-refractivity contribution in [3.63, 3.8) is 0 Å². The predicted molar refractivity (Wildman–Crippen MR) is 108 cm³/mol. The smallest absolute Gasteiger partial charge is 0.250 e. The van der Waals surface area contributed by atoms with E-state index in [2.05, 4.69) is 10.3 Å². The topological polar surface area (TPSA) is 51.2 Å².